The van der Waals surface area contributed by atoms with Gasteiger partial charge in [0.05, 0.1) is 10.7 Å². The number of carbonyl (C=O) groups excluding carboxylic acids is 1. The summed E-state index contributed by atoms with van der Waals surface area (Å²) in [6, 6.07) is 9.30. The van der Waals surface area contributed by atoms with Crippen LogP contribution in [-0.2, 0) is 4.79 Å². The Kier molecular flexibility index (Phi) is 6.39. The topological polar surface area (TPSA) is 70.9 Å². The molecule has 0 atom stereocenters. The van der Waals surface area contributed by atoms with Gasteiger partial charge in [-0.15, -0.1) is 0 Å². The zero-order valence-corrected chi connectivity index (χ0v) is 16.3. The van der Waals surface area contributed by atoms with Crippen LogP contribution in [0.3, 0.4) is 0 Å². The predicted octanol–water partition coefficient (Wildman–Crippen LogP) is 4.65. The molecule has 5 nitrogen and oxygen atoms in total. The van der Waals surface area contributed by atoms with Crippen molar-refractivity contribution in [3.8, 4) is 5.75 Å². The van der Waals surface area contributed by atoms with Gasteiger partial charge in [-0.3, -0.25) is 4.79 Å². The number of hydrogen-bond acceptors (Lipinski definition) is 4. The van der Waals surface area contributed by atoms with Crippen LogP contribution in [-0.4, -0.2) is 23.9 Å². The lowest BCUT2D eigenvalue weighted by molar-refractivity contribution is -0.118. The molecule has 0 spiro atoms. The van der Waals surface area contributed by atoms with E-state index < -0.39 is 0 Å². The standard InChI is InChI=1S/C17H16Br2N2O3/c1-10-3-4-15(11(2)5-10)21-16(22)9-24-17-12(8-20-23)6-13(18)7-14(17)19/h3-8,23H,9H2,1-2H3,(H,21,22)/b20-8+. The first-order valence-electron chi connectivity index (χ1n) is 7.07. The van der Waals surface area contributed by atoms with Crippen LogP contribution in [0.15, 0.2) is 44.4 Å². The predicted molar refractivity (Wildman–Crippen MR) is 101 cm³/mol. The number of halogens is 2. The molecule has 7 heteroatoms. The Hall–Kier alpha value is -1.86. The minimum absolute atomic E-state index is 0.167. The van der Waals surface area contributed by atoms with Crippen molar-refractivity contribution in [3.63, 3.8) is 0 Å². The molecule has 0 aliphatic rings. The lowest BCUT2D eigenvalue weighted by atomic mass is 10.1. The van der Waals surface area contributed by atoms with E-state index in [0.717, 1.165) is 21.3 Å². The molecule has 0 heterocycles. The van der Waals surface area contributed by atoms with E-state index in [0.29, 0.717) is 15.8 Å². The molecule has 2 rings (SSSR count). The van der Waals surface area contributed by atoms with Crippen molar-refractivity contribution in [2.45, 2.75) is 13.8 Å². The molecule has 0 aliphatic heterocycles. The average molecular weight is 456 g/mol. The number of carbonyl (C=O) groups is 1. The summed E-state index contributed by atoms with van der Waals surface area (Å²) in [6.07, 6.45) is 1.24. The van der Waals surface area contributed by atoms with E-state index in [1.807, 2.05) is 32.0 Å². The number of rotatable bonds is 5. The van der Waals surface area contributed by atoms with Crippen LogP contribution in [0.2, 0.25) is 0 Å². The zero-order chi connectivity index (χ0) is 17.7. The first-order valence-corrected chi connectivity index (χ1v) is 8.65. The van der Waals surface area contributed by atoms with Gasteiger partial charge in [-0.05, 0) is 53.5 Å². The average Bonchev–Trinajstić information content (AvgIpc) is 2.49. The quantitative estimate of drug-likeness (QED) is 0.391. The minimum atomic E-state index is -0.274. The second-order valence-electron chi connectivity index (χ2n) is 5.21. The van der Waals surface area contributed by atoms with Gasteiger partial charge in [-0.2, -0.15) is 0 Å². The van der Waals surface area contributed by atoms with E-state index in [4.69, 9.17) is 9.94 Å². The number of amides is 1. The van der Waals surface area contributed by atoms with Crippen molar-refractivity contribution in [1.82, 2.24) is 0 Å². The Morgan fingerprint density at radius 3 is 2.71 bits per heavy atom. The maximum atomic E-state index is 12.1. The highest BCUT2D eigenvalue weighted by molar-refractivity contribution is 9.11. The molecular weight excluding hydrogens is 440 g/mol. The van der Waals surface area contributed by atoms with E-state index in [2.05, 4.69) is 42.3 Å². The molecule has 0 fully saturated rings. The fourth-order valence-electron chi connectivity index (χ4n) is 2.17. The van der Waals surface area contributed by atoms with Gasteiger partial charge >= 0.3 is 0 Å². The summed E-state index contributed by atoms with van der Waals surface area (Å²) in [6.45, 7) is 3.77. The summed E-state index contributed by atoms with van der Waals surface area (Å²) < 4.78 is 7.02. The van der Waals surface area contributed by atoms with E-state index >= 15 is 0 Å². The summed E-state index contributed by atoms with van der Waals surface area (Å²) in [7, 11) is 0. The first-order chi connectivity index (χ1) is 11.4. The number of ether oxygens (including phenoxy) is 1. The Balaban J connectivity index is 2.09. The van der Waals surface area contributed by atoms with Gasteiger partial charge in [0, 0.05) is 15.7 Å². The van der Waals surface area contributed by atoms with Crippen LogP contribution in [0.5, 0.6) is 5.75 Å². The van der Waals surface area contributed by atoms with Gasteiger partial charge in [0.15, 0.2) is 6.61 Å². The Morgan fingerprint density at radius 1 is 1.29 bits per heavy atom. The third-order valence-corrected chi connectivity index (χ3v) is 4.28. The van der Waals surface area contributed by atoms with E-state index in [1.165, 1.54) is 6.21 Å². The van der Waals surface area contributed by atoms with Crippen molar-refractivity contribution in [2.24, 2.45) is 5.16 Å². The molecule has 2 N–H and O–H groups in total. The number of hydrogen-bond donors (Lipinski definition) is 2. The number of oxime groups is 1. The van der Waals surface area contributed by atoms with Gasteiger partial charge in [-0.1, -0.05) is 38.8 Å². The zero-order valence-electron chi connectivity index (χ0n) is 13.1. The van der Waals surface area contributed by atoms with Gasteiger partial charge in [0.1, 0.15) is 5.75 Å². The summed E-state index contributed by atoms with van der Waals surface area (Å²) in [5.41, 5.74) is 3.41. The molecular formula is C17H16Br2N2O3. The molecule has 0 unspecified atom stereocenters. The first kappa shape index (κ1) is 18.5. The van der Waals surface area contributed by atoms with Gasteiger partial charge in [0.2, 0.25) is 0 Å². The number of nitrogens with one attached hydrogen (secondary N) is 1. The monoisotopic (exact) mass is 454 g/mol. The molecule has 2 aromatic carbocycles. The number of nitrogens with zero attached hydrogens (tertiary/aromatic N) is 1. The van der Waals surface area contributed by atoms with Crippen LogP contribution >= 0.6 is 31.9 Å². The van der Waals surface area contributed by atoms with Crippen molar-refractivity contribution in [2.75, 3.05) is 11.9 Å². The lowest BCUT2D eigenvalue weighted by Gasteiger charge is -2.13. The molecule has 0 aliphatic carbocycles. The Morgan fingerprint density at radius 2 is 2.04 bits per heavy atom. The molecule has 0 bridgehead atoms. The highest BCUT2D eigenvalue weighted by Crippen LogP contribution is 2.32. The smallest absolute Gasteiger partial charge is 0.262 e. The third-order valence-electron chi connectivity index (χ3n) is 3.24. The van der Waals surface area contributed by atoms with Crippen LogP contribution in [0.1, 0.15) is 16.7 Å². The number of anilines is 1. The molecule has 0 radical (unpaired) electrons. The van der Waals surface area contributed by atoms with E-state index in [1.54, 1.807) is 12.1 Å². The molecule has 126 valence electrons. The van der Waals surface area contributed by atoms with Crippen LogP contribution in [0, 0.1) is 13.8 Å². The van der Waals surface area contributed by atoms with Crippen LogP contribution in [0.4, 0.5) is 5.69 Å². The summed E-state index contributed by atoms with van der Waals surface area (Å²) in [4.78, 5) is 12.1. The highest BCUT2D eigenvalue weighted by Gasteiger charge is 2.12. The molecule has 0 saturated heterocycles. The molecule has 0 aromatic heterocycles. The molecule has 2 aromatic rings. The number of benzene rings is 2. The molecule has 1 amide bonds. The summed E-state index contributed by atoms with van der Waals surface area (Å²) >= 11 is 6.72. The minimum Gasteiger partial charge on any atom is -0.482 e. The largest absolute Gasteiger partial charge is 0.482 e. The molecule has 0 saturated carbocycles. The Labute approximate surface area is 157 Å². The Bertz CT molecular complexity index is 792. The van der Waals surface area contributed by atoms with Crippen molar-refractivity contribution < 1.29 is 14.7 Å². The van der Waals surface area contributed by atoms with Crippen LogP contribution < -0.4 is 10.1 Å². The highest BCUT2D eigenvalue weighted by atomic mass is 79.9. The SMILES string of the molecule is Cc1ccc(NC(=O)COc2c(Br)cc(Br)cc2/C=N/O)c(C)c1. The lowest BCUT2D eigenvalue weighted by Crippen LogP contribution is -2.21. The van der Waals surface area contributed by atoms with Gasteiger partial charge in [-0.25, -0.2) is 0 Å². The maximum Gasteiger partial charge on any atom is 0.262 e. The van der Waals surface area contributed by atoms with Crippen molar-refractivity contribution in [1.29, 1.82) is 0 Å². The second-order valence-corrected chi connectivity index (χ2v) is 6.98. The van der Waals surface area contributed by atoms with Gasteiger partial charge < -0.3 is 15.3 Å². The van der Waals surface area contributed by atoms with Crippen molar-refractivity contribution >= 4 is 49.7 Å². The maximum absolute atomic E-state index is 12.1. The van der Waals surface area contributed by atoms with Gasteiger partial charge in [0.25, 0.3) is 5.91 Å². The third kappa shape index (κ3) is 4.82. The number of aryl methyl sites for hydroxylation is 2. The fourth-order valence-corrected chi connectivity index (χ4v) is 3.54. The van der Waals surface area contributed by atoms with Crippen LogP contribution in [0.25, 0.3) is 0 Å². The van der Waals surface area contributed by atoms with E-state index in [9.17, 15) is 4.79 Å². The fraction of sp³-hybridized carbons (Fsp3) is 0.176. The normalized spacial score (nSPS) is 10.8. The van der Waals surface area contributed by atoms with E-state index in [-0.39, 0.29) is 12.5 Å². The molecule has 24 heavy (non-hydrogen) atoms. The summed E-state index contributed by atoms with van der Waals surface area (Å²) in [5, 5.41) is 14.6. The van der Waals surface area contributed by atoms with Crippen molar-refractivity contribution in [3.05, 3.63) is 56.0 Å². The second kappa shape index (κ2) is 8.30. The summed E-state index contributed by atoms with van der Waals surface area (Å²) in [5.74, 6) is 0.149.